The van der Waals surface area contributed by atoms with Crippen molar-refractivity contribution in [2.45, 2.75) is 71.9 Å². The zero-order valence-electron chi connectivity index (χ0n) is 16.3. The quantitative estimate of drug-likeness (QED) is 0.903. The molecule has 0 aliphatic carbocycles. The molecule has 136 valence electrons. The third-order valence-electron chi connectivity index (χ3n) is 5.12. The Labute approximate surface area is 152 Å². The Morgan fingerprint density at radius 1 is 1.24 bits per heavy atom. The molecule has 2 atom stereocenters. The van der Waals surface area contributed by atoms with E-state index in [4.69, 9.17) is 0 Å². The Balaban J connectivity index is 1.48. The fourth-order valence-electron chi connectivity index (χ4n) is 3.58. The highest BCUT2D eigenvalue weighted by Gasteiger charge is 2.21. The number of fused-ring (bicyclic) bond motifs is 1. The lowest BCUT2D eigenvalue weighted by Gasteiger charge is -2.25. The second-order valence-corrected chi connectivity index (χ2v) is 8.66. The molecule has 0 radical (unpaired) electrons. The summed E-state index contributed by atoms with van der Waals surface area (Å²) in [6.07, 6.45) is 3.31. The highest BCUT2D eigenvalue weighted by molar-refractivity contribution is 5.27. The molecule has 0 amide bonds. The average Bonchev–Trinajstić information content (AvgIpc) is 2.92. The summed E-state index contributed by atoms with van der Waals surface area (Å²) in [5.74, 6) is 2.66. The second kappa shape index (κ2) is 7.28. The SMILES string of the molecule is Cc1nc2n(n1)C[C@@H](NC[C@H](C)Cc1ccc(C(C)(C)C)cc1)CC2. The van der Waals surface area contributed by atoms with Crippen LogP contribution in [0.3, 0.4) is 0 Å². The maximum Gasteiger partial charge on any atom is 0.147 e. The van der Waals surface area contributed by atoms with Crippen molar-refractivity contribution in [1.29, 1.82) is 0 Å². The number of rotatable bonds is 5. The van der Waals surface area contributed by atoms with Crippen LogP contribution < -0.4 is 5.32 Å². The van der Waals surface area contributed by atoms with Gasteiger partial charge in [0.05, 0.1) is 6.54 Å². The highest BCUT2D eigenvalue weighted by atomic mass is 15.4. The molecular formula is C21H32N4. The highest BCUT2D eigenvalue weighted by Crippen LogP contribution is 2.23. The van der Waals surface area contributed by atoms with Crippen molar-refractivity contribution in [3.63, 3.8) is 0 Å². The molecule has 1 aromatic carbocycles. The van der Waals surface area contributed by atoms with Gasteiger partial charge in [0.1, 0.15) is 11.6 Å². The average molecular weight is 341 g/mol. The van der Waals surface area contributed by atoms with Crippen molar-refractivity contribution in [3.8, 4) is 0 Å². The predicted molar refractivity (Wildman–Crippen MR) is 103 cm³/mol. The van der Waals surface area contributed by atoms with Gasteiger partial charge < -0.3 is 5.32 Å². The Morgan fingerprint density at radius 2 is 1.96 bits per heavy atom. The minimum absolute atomic E-state index is 0.227. The van der Waals surface area contributed by atoms with Crippen molar-refractivity contribution in [3.05, 3.63) is 47.0 Å². The standard InChI is InChI=1S/C21H32N4/c1-15(12-17-6-8-18(9-7-17)21(3,4)5)13-22-19-10-11-20-23-16(2)24-25(20)14-19/h6-9,15,19,22H,10-14H2,1-5H3/t15-,19+/m1/s1. The maximum absolute atomic E-state index is 4.49. The van der Waals surface area contributed by atoms with Crippen LogP contribution in [-0.4, -0.2) is 27.4 Å². The van der Waals surface area contributed by atoms with Crippen molar-refractivity contribution in [2.24, 2.45) is 5.92 Å². The molecule has 0 saturated carbocycles. The summed E-state index contributed by atoms with van der Waals surface area (Å²) in [4.78, 5) is 4.49. The summed E-state index contributed by atoms with van der Waals surface area (Å²) in [7, 11) is 0. The molecule has 0 fully saturated rings. The third-order valence-corrected chi connectivity index (χ3v) is 5.12. The van der Waals surface area contributed by atoms with Crippen molar-refractivity contribution >= 4 is 0 Å². The van der Waals surface area contributed by atoms with Crippen LogP contribution >= 0.6 is 0 Å². The van der Waals surface area contributed by atoms with Crippen LogP contribution in [0.1, 0.15) is 56.9 Å². The summed E-state index contributed by atoms with van der Waals surface area (Å²) < 4.78 is 2.08. The van der Waals surface area contributed by atoms with E-state index in [1.165, 1.54) is 11.1 Å². The maximum atomic E-state index is 4.49. The minimum Gasteiger partial charge on any atom is -0.312 e. The number of aromatic nitrogens is 3. The molecule has 4 nitrogen and oxygen atoms in total. The Morgan fingerprint density at radius 3 is 2.64 bits per heavy atom. The van der Waals surface area contributed by atoms with E-state index >= 15 is 0 Å². The number of nitrogens with zero attached hydrogens (tertiary/aromatic N) is 3. The molecular weight excluding hydrogens is 308 g/mol. The van der Waals surface area contributed by atoms with Gasteiger partial charge in [-0.2, -0.15) is 5.10 Å². The van der Waals surface area contributed by atoms with Gasteiger partial charge in [0.25, 0.3) is 0 Å². The first kappa shape index (κ1) is 18.1. The normalized spacial score (nSPS) is 18.8. The van der Waals surface area contributed by atoms with E-state index in [0.29, 0.717) is 12.0 Å². The third kappa shape index (κ3) is 4.69. The Kier molecular flexibility index (Phi) is 5.28. The Hall–Kier alpha value is -1.68. The minimum atomic E-state index is 0.227. The fourth-order valence-corrected chi connectivity index (χ4v) is 3.58. The van der Waals surface area contributed by atoms with Crippen LogP contribution in [0.4, 0.5) is 0 Å². The molecule has 1 aliphatic heterocycles. The van der Waals surface area contributed by atoms with Gasteiger partial charge in [0.2, 0.25) is 0 Å². The molecule has 0 spiro atoms. The van der Waals surface area contributed by atoms with Gasteiger partial charge in [0, 0.05) is 12.5 Å². The smallest absolute Gasteiger partial charge is 0.147 e. The van der Waals surface area contributed by atoms with E-state index in [1.807, 2.05) is 6.92 Å². The largest absolute Gasteiger partial charge is 0.312 e. The molecule has 0 unspecified atom stereocenters. The topological polar surface area (TPSA) is 42.7 Å². The lowest BCUT2D eigenvalue weighted by molar-refractivity contribution is 0.340. The van der Waals surface area contributed by atoms with Crippen molar-refractivity contribution in [2.75, 3.05) is 6.54 Å². The summed E-state index contributed by atoms with van der Waals surface area (Å²) in [6, 6.07) is 9.67. The molecule has 2 heterocycles. The van der Waals surface area contributed by atoms with Gasteiger partial charge in [-0.15, -0.1) is 0 Å². The molecule has 1 aliphatic rings. The lowest BCUT2D eigenvalue weighted by atomic mass is 9.86. The molecule has 1 aromatic heterocycles. The van der Waals surface area contributed by atoms with E-state index in [-0.39, 0.29) is 5.41 Å². The first-order valence-electron chi connectivity index (χ1n) is 9.54. The van der Waals surface area contributed by atoms with Gasteiger partial charge in [-0.05, 0) is 48.8 Å². The predicted octanol–water partition coefficient (Wildman–Crippen LogP) is 3.67. The summed E-state index contributed by atoms with van der Waals surface area (Å²) in [5.41, 5.74) is 3.06. The van der Waals surface area contributed by atoms with Crippen LogP contribution in [0.5, 0.6) is 0 Å². The number of nitrogens with one attached hydrogen (secondary N) is 1. The van der Waals surface area contributed by atoms with Crippen LogP contribution in [0, 0.1) is 12.8 Å². The van der Waals surface area contributed by atoms with Crippen LogP contribution in [-0.2, 0) is 24.8 Å². The van der Waals surface area contributed by atoms with Gasteiger partial charge >= 0.3 is 0 Å². The molecule has 1 N–H and O–H groups in total. The molecule has 2 aromatic rings. The van der Waals surface area contributed by atoms with Crippen LogP contribution in [0.2, 0.25) is 0 Å². The second-order valence-electron chi connectivity index (χ2n) is 8.66. The number of benzene rings is 1. The number of hydrogen-bond donors (Lipinski definition) is 1. The van der Waals surface area contributed by atoms with E-state index < -0.39 is 0 Å². The summed E-state index contributed by atoms with van der Waals surface area (Å²) >= 11 is 0. The monoisotopic (exact) mass is 340 g/mol. The lowest BCUT2D eigenvalue weighted by Crippen LogP contribution is -2.40. The molecule has 0 bridgehead atoms. The van der Waals surface area contributed by atoms with E-state index in [1.54, 1.807) is 0 Å². The van der Waals surface area contributed by atoms with E-state index in [9.17, 15) is 0 Å². The molecule has 4 heteroatoms. The molecule has 0 saturated heterocycles. The van der Waals surface area contributed by atoms with Crippen LogP contribution in [0.25, 0.3) is 0 Å². The van der Waals surface area contributed by atoms with Crippen LogP contribution in [0.15, 0.2) is 24.3 Å². The Bertz CT molecular complexity index is 694. The van der Waals surface area contributed by atoms with Gasteiger partial charge in [-0.25, -0.2) is 9.67 Å². The zero-order valence-corrected chi connectivity index (χ0v) is 16.3. The first-order chi connectivity index (χ1) is 11.8. The zero-order chi connectivity index (χ0) is 18.0. The van der Waals surface area contributed by atoms with Gasteiger partial charge in [0.15, 0.2) is 0 Å². The number of aryl methyl sites for hydroxylation is 2. The van der Waals surface area contributed by atoms with Crippen molar-refractivity contribution in [1.82, 2.24) is 20.1 Å². The molecule has 25 heavy (non-hydrogen) atoms. The van der Waals surface area contributed by atoms with E-state index in [2.05, 4.69) is 72.0 Å². The summed E-state index contributed by atoms with van der Waals surface area (Å²) in [5, 5.41) is 8.23. The first-order valence-corrected chi connectivity index (χ1v) is 9.54. The number of hydrogen-bond acceptors (Lipinski definition) is 3. The fraction of sp³-hybridized carbons (Fsp3) is 0.619. The summed E-state index contributed by atoms with van der Waals surface area (Å²) in [6.45, 7) is 13.1. The molecule has 3 rings (SSSR count). The van der Waals surface area contributed by atoms with Gasteiger partial charge in [-0.3, -0.25) is 0 Å². The van der Waals surface area contributed by atoms with Crippen molar-refractivity contribution < 1.29 is 0 Å². The van der Waals surface area contributed by atoms with E-state index in [0.717, 1.165) is 44.0 Å². The van der Waals surface area contributed by atoms with Gasteiger partial charge in [-0.1, -0.05) is 52.0 Å².